The number of aromatic nitrogens is 3. The number of anilines is 1. The predicted octanol–water partition coefficient (Wildman–Crippen LogP) is 3.56. The van der Waals surface area contributed by atoms with Crippen molar-refractivity contribution in [3.8, 4) is 11.4 Å². The van der Waals surface area contributed by atoms with Gasteiger partial charge >= 0.3 is 5.88 Å². The summed E-state index contributed by atoms with van der Waals surface area (Å²) >= 11 is 0. The highest BCUT2D eigenvalue weighted by molar-refractivity contribution is 6.02. The second kappa shape index (κ2) is 7.22. The van der Waals surface area contributed by atoms with E-state index >= 15 is 0 Å². The summed E-state index contributed by atoms with van der Waals surface area (Å²) in [6.07, 6.45) is 3.86. The minimum Gasteiger partial charge on any atom is -0.395 e. The number of rotatable bonds is 4. The molecule has 10 heteroatoms. The van der Waals surface area contributed by atoms with Crippen LogP contribution in [0.3, 0.4) is 0 Å². The summed E-state index contributed by atoms with van der Waals surface area (Å²) in [6.45, 7) is 0.712. The van der Waals surface area contributed by atoms with E-state index in [9.17, 15) is 19.3 Å². The van der Waals surface area contributed by atoms with Crippen molar-refractivity contribution >= 4 is 17.5 Å². The molecular weight excluding hydrogens is 369 g/mol. The minimum absolute atomic E-state index is 0.214. The molecule has 144 valence electrons. The number of benzene rings is 1. The monoisotopic (exact) mass is 385 g/mol. The Hall–Kier alpha value is -3.56. The standard InChI is InChI=1S/C18H16FN5O4/c19-13-6-5-11(20-18(25)14-7-8-16(28-14)24(26)27)10-12(13)17-22-21-15-4-2-1-3-9-23(15)17/h5-8,10H,1-4,9H2,(H,20,25). The number of nitro groups is 1. The lowest BCUT2D eigenvalue weighted by Gasteiger charge is -2.10. The smallest absolute Gasteiger partial charge is 0.395 e. The van der Waals surface area contributed by atoms with Crippen molar-refractivity contribution in [2.24, 2.45) is 0 Å². The van der Waals surface area contributed by atoms with Crippen molar-refractivity contribution in [1.82, 2.24) is 14.8 Å². The largest absolute Gasteiger partial charge is 0.433 e. The van der Waals surface area contributed by atoms with Crippen LogP contribution in [-0.2, 0) is 13.0 Å². The number of hydrogen-bond donors (Lipinski definition) is 1. The van der Waals surface area contributed by atoms with Crippen LogP contribution in [0, 0.1) is 15.9 Å². The van der Waals surface area contributed by atoms with E-state index in [4.69, 9.17) is 4.42 Å². The number of aryl methyl sites for hydroxylation is 1. The number of hydrogen-bond acceptors (Lipinski definition) is 6. The van der Waals surface area contributed by atoms with Crippen molar-refractivity contribution in [2.75, 3.05) is 5.32 Å². The second-order valence-corrected chi connectivity index (χ2v) is 6.45. The molecule has 1 aliphatic rings. The van der Waals surface area contributed by atoms with Crippen molar-refractivity contribution in [1.29, 1.82) is 0 Å². The van der Waals surface area contributed by atoms with E-state index < -0.39 is 22.5 Å². The summed E-state index contributed by atoms with van der Waals surface area (Å²) in [4.78, 5) is 22.2. The topological polar surface area (TPSA) is 116 Å². The van der Waals surface area contributed by atoms with Gasteiger partial charge in [-0.15, -0.1) is 10.2 Å². The molecule has 0 unspecified atom stereocenters. The molecule has 0 spiro atoms. The first-order chi connectivity index (χ1) is 13.5. The Morgan fingerprint density at radius 3 is 2.86 bits per heavy atom. The molecule has 3 heterocycles. The van der Waals surface area contributed by atoms with Gasteiger partial charge in [0.1, 0.15) is 16.6 Å². The SMILES string of the molecule is O=C(Nc1ccc(F)c(-c2nnc3n2CCCCC3)c1)c1ccc([N+](=O)[O-])o1. The highest BCUT2D eigenvalue weighted by Gasteiger charge is 2.21. The normalized spacial score (nSPS) is 13.6. The van der Waals surface area contributed by atoms with E-state index in [-0.39, 0.29) is 11.3 Å². The van der Waals surface area contributed by atoms with Crippen molar-refractivity contribution in [3.05, 3.63) is 57.8 Å². The van der Waals surface area contributed by atoms with E-state index in [1.807, 2.05) is 4.57 Å². The lowest BCUT2D eigenvalue weighted by Crippen LogP contribution is -2.11. The number of carbonyl (C=O) groups excluding carboxylic acids is 1. The van der Waals surface area contributed by atoms with E-state index in [1.54, 1.807) is 0 Å². The maximum absolute atomic E-state index is 14.5. The Kier molecular flexibility index (Phi) is 4.60. The van der Waals surface area contributed by atoms with Crippen molar-refractivity contribution < 1.29 is 18.5 Å². The first-order valence-electron chi connectivity index (χ1n) is 8.80. The maximum atomic E-state index is 14.5. The lowest BCUT2D eigenvalue weighted by molar-refractivity contribution is -0.402. The number of halogens is 1. The molecule has 0 saturated carbocycles. The Bertz CT molecular complexity index is 1060. The average molecular weight is 385 g/mol. The summed E-state index contributed by atoms with van der Waals surface area (Å²) in [6, 6.07) is 6.39. The number of amides is 1. The molecule has 0 atom stereocenters. The Morgan fingerprint density at radius 2 is 2.07 bits per heavy atom. The fourth-order valence-electron chi connectivity index (χ4n) is 3.20. The molecule has 0 fully saturated rings. The van der Waals surface area contributed by atoms with Crippen LogP contribution in [0.4, 0.5) is 16.0 Å². The van der Waals surface area contributed by atoms with Crippen LogP contribution in [0.15, 0.2) is 34.7 Å². The third kappa shape index (κ3) is 3.36. The highest BCUT2D eigenvalue weighted by Crippen LogP contribution is 2.28. The summed E-state index contributed by atoms with van der Waals surface area (Å²) < 4.78 is 21.3. The number of carbonyl (C=O) groups is 1. The van der Waals surface area contributed by atoms with Gasteiger partial charge in [-0.25, -0.2) is 4.39 Å². The Morgan fingerprint density at radius 1 is 1.21 bits per heavy atom. The number of nitrogens with zero attached hydrogens (tertiary/aromatic N) is 4. The van der Waals surface area contributed by atoms with Crippen LogP contribution in [0.25, 0.3) is 11.4 Å². The van der Waals surface area contributed by atoms with Gasteiger partial charge < -0.3 is 14.3 Å². The molecule has 1 aliphatic heterocycles. The van der Waals surface area contributed by atoms with Gasteiger partial charge in [0.05, 0.1) is 11.6 Å². The maximum Gasteiger partial charge on any atom is 0.433 e. The van der Waals surface area contributed by atoms with Gasteiger partial charge in [0.15, 0.2) is 11.6 Å². The van der Waals surface area contributed by atoms with Crippen LogP contribution in [0.2, 0.25) is 0 Å². The van der Waals surface area contributed by atoms with Crippen LogP contribution in [0.5, 0.6) is 0 Å². The van der Waals surface area contributed by atoms with Gasteiger partial charge in [-0.05, 0) is 37.1 Å². The van der Waals surface area contributed by atoms with Gasteiger partial charge in [0, 0.05) is 18.7 Å². The summed E-state index contributed by atoms with van der Waals surface area (Å²) in [7, 11) is 0. The quantitative estimate of drug-likeness (QED) is 0.542. The third-order valence-electron chi connectivity index (χ3n) is 4.57. The molecule has 2 aromatic heterocycles. The Balaban J connectivity index is 1.62. The molecule has 9 nitrogen and oxygen atoms in total. The molecule has 0 radical (unpaired) electrons. The van der Waals surface area contributed by atoms with Gasteiger partial charge in [0.25, 0.3) is 5.91 Å². The first kappa shape index (κ1) is 17.8. The molecule has 1 aromatic carbocycles. The Labute approximate surface area is 158 Å². The average Bonchev–Trinajstić information content (AvgIpc) is 3.26. The van der Waals surface area contributed by atoms with E-state index in [2.05, 4.69) is 15.5 Å². The van der Waals surface area contributed by atoms with Crippen LogP contribution >= 0.6 is 0 Å². The van der Waals surface area contributed by atoms with Crippen molar-refractivity contribution in [2.45, 2.75) is 32.2 Å². The lowest BCUT2D eigenvalue weighted by atomic mass is 10.1. The first-order valence-corrected chi connectivity index (χ1v) is 8.80. The fraction of sp³-hybridized carbons (Fsp3) is 0.278. The fourth-order valence-corrected chi connectivity index (χ4v) is 3.20. The third-order valence-corrected chi connectivity index (χ3v) is 4.57. The van der Waals surface area contributed by atoms with Crippen LogP contribution in [0.1, 0.15) is 35.6 Å². The number of nitrogens with one attached hydrogen (secondary N) is 1. The minimum atomic E-state index is -0.732. The second-order valence-electron chi connectivity index (χ2n) is 6.45. The highest BCUT2D eigenvalue weighted by atomic mass is 19.1. The molecule has 0 saturated heterocycles. The van der Waals surface area contributed by atoms with Gasteiger partial charge in [-0.2, -0.15) is 0 Å². The van der Waals surface area contributed by atoms with Crippen LogP contribution < -0.4 is 5.32 Å². The molecule has 0 bridgehead atoms. The predicted molar refractivity (Wildman–Crippen MR) is 96.3 cm³/mol. The molecule has 1 amide bonds. The molecule has 0 aliphatic carbocycles. The van der Waals surface area contributed by atoms with Crippen LogP contribution in [-0.4, -0.2) is 25.6 Å². The van der Waals surface area contributed by atoms with E-state index in [0.29, 0.717) is 18.1 Å². The van der Waals surface area contributed by atoms with E-state index in [0.717, 1.165) is 37.6 Å². The van der Waals surface area contributed by atoms with Gasteiger partial charge in [-0.3, -0.25) is 14.9 Å². The van der Waals surface area contributed by atoms with Gasteiger partial charge in [0.2, 0.25) is 0 Å². The molecular formula is C18H16FN5O4. The van der Waals surface area contributed by atoms with Crippen molar-refractivity contribution in [3.63, 3.8) is 0 Å². The zero-order chi connectivity index (χ0) is 19.7. The molecule has 1 N–H and O–H groups in total. The number of furan rings is 1. The molecule has 28 heavy (non-hydrogen) atoms. The summed E-state index contributed by atoms with van der Waals surface area (Å²) in [5, 5.41) is 21.5. The van der Waals surface area contributed by atoms with Gasteiger partial charge in [-0.1, -0.05) is 6.42 Å². The summed E-state index contributed by atoms with van der Waals surface area (Å²) in [5.41, 5.74) is 0.537. The zero-order valence-electron chi connectivity index (χ0n) is 14.7. The molecule has 3 aromatic rings. The van der Waals surface area contributed by atoms with E-state index in [1.165, 1.54) is 24.3 Å². The number of fused-ring (bicyclic) bond motifs is 1. The molecule has 4 rings (SSSR count). The summed E-state index contributed by atoms with van der Waals surface area (Å²) in [5.74, 6) is -0.662. The zero-order valence-corrected chi connectivity index (χ0v) is 14.7.